The van der Waals surface area contributed by atoms with E-state index in [4.69, 9.17) is 0 Å². The van der Waals surface area contributed by atoms with Crippen LogP contribution in [0.4, 0.5) is 0 Å². The third kappa shape index (κ3) is 5.92. The SMILES string of the molecule is CCCCS(=O)(=O)NC1CCC(Sc2ncccn2)CC1. The lowest BCUT2D eigenvalue weighted by Crippen LogP contribution is -2.39. The Morgan fingerprint density at radius 3 is 2.52 bits per heavy atom. The van der Waals surface area contributed by atoms with Crippen molar-refractivity contribution in [3.05, 3.63) is 18.5 Å². The van der Waals surface area contributed by atoms with Crippen LogP contribution in [0.2, 0.25) is 0 Å². The van der Waals surface area contributed by atoms with E-state index in [1.54, 1.807) is 24.2 Å². The smallest absolute Gasteiger partial charge is 0.211 e. The second kappa shape index (κ2) is 8.10. The molecule has 0 atom stereocenters. The fraction of sp³-hybridized carbons (Fsp3) is 0.714. The van der Waals surface area contributed by atoms with Gasteiger partial charge in [0.15, 0.2) is 5.16 Å². The van der Waals surface area contributed by atoms with Crippen molar-refractivity contribution in [1.29, 1.82) is 0 Å². The summed E-state index contributed by atoms with van der Waals surface area (Å²) in [6.45, 7) is 2.00. The second-order valence-electron chi connectivity index (χ2n) is 5.41. The molecule has 7 heteroatoms. The number of unbranched alkanes of at least 4 members (excludes halogenated alkanes) is 1. The van der Waals surface area contributed by atoms with Gasteiger partial charge < -0.3 is 0 Å². The minimum absolute atomic E-state index is 0.0976. The van der Waals surface area contributed by atoms with Gasteiger partial charge in [-0.05, 0) is 38.2 Å². The van der Waals surface area contributed by atoms with Crippen molar-refractivity contribution in [2.24, 2.45) is 0 Å². The number of thioether (sulfide) groups is 1. The lowest BCUT2D eigenvalue weighted by atomic mass is 9.96. The van der Waals surface area contributed by atoms with Crippen LogP contribution in [0.15, 0.2) is 23.6 Å². The van der Waals surface area contributed by atoms with Gasteiger partial charge in [0, 0.05) is 23.7 Å². The molecule has 0 bridgehead atoms. The third-order valence-corrected chi connectivity index (χ3v) is 6.35. The molecule has 0 amide bonds. The van der Waals surface area contributed by atoms with Gasteiger partial charge in [-0.15, -0.1) is 0 Å². The van der Waals surface area contributed by atoms with Crippen LogP contribution in [0.3, 0.4) is 0 Å². The fourth-order valence-corrected chi connectivity index (χ4v) is 5.02. The summed E-state index contributed by atoms with van der Waals surface area (Å²) < 4.78 is 26.6. The Labute approximate surface area is 131 Å². The lowest BCUT2D eigenvalue weighted by molar-refractivity contribution is 0.419. The number of aromatic nitrogens is 2. The van der Waals surface area contributed by atoms with E-state index in [9.17, 15) is 8.42 Å². The molecule has 0 aliphatic heterocycles. The largest absolute Gasteiger partial charge is 0.231 e. The van der Waals surface area contributed by atoms with Crippen LogP contribution in [0.5, 0.6) is 0 Å². The van der Waals surface area contributed by atoms with Crippen LogP contribution in [0, 0.1) is 0 Å². The summed E-state index contributed by atoms with van der Waals surface area (Å²) in [5, 5.41) is 1.30. The fourth-order valence-electron chi connectivity index (χ4n) is 2.44. The summed E-state index contributed by atoms with van der Waals surface area (Å²) in [7, 11) is -3.10. The summed E-state index contributed by atoms with van der Waals surface area (Å²) in [6.07, 6.45) is 8.94. The Balaban J connectivity index is 1.75. The summed E-state index contributed by atoms with van der Waals surface area (Å²) in [6, 6.07) is 1.91. The average molecular weight is 329 g/mol. The Morgan fingerprint density at radius 2 is 1.90 bits per heavy atom. The molecule has 2 rings (SSSR count). The van der Waals surface area contributed by atoms with Crippen molar-refractivity contribution in [3.63, 3.8) is 0 Å². The number of nitrogens with zero attached hydrogens (tertiary/aromatic N) is 2. The summed E-state index contributed by atoms with van der Waals surface area (Å²) in [4.78, 5) is 8.45. The Kier molecular flexibility index (Phi) is 6.44. The van der Waals surface area contributed by atoms with Crippen LogP contribution in [-0.2, 0) is 10.0 Å². The summed E-state index contributed by atoms with van der Waals surface area (Å²) in [5.41, 5.74) is 0. The summed E-state index contributed by atoms with van der Waals surface area (Å²) >= 11 is 1.70. The normalized spacial score (nSPS) is 23.1. The van der Waals surface area contributed by atoms with Crippen molar-refractivity contribution in [2.45, 2.75) is 61.9 Å². The molecule has 1 aromatic heterocycles. The van der Waals surface area contributed by atoms with Crippen LogP contribution < -0.4 is 4.72 Å². The van der Waals surface area contributed by atoms with Gasteiger partial charge in [-0.3, -0.25) is 0 Å². The number of hydrogen-bond donors (Lipinski definition) is 1. The van der Waals surface area contributed by atoms with E-state index in [2.05, 4.69) is 14.7 Å². The molecule has 1 aliphatic carbocycles. The Hall–Kier alpha value is -0.660. The molecule has 0 radical (unpaired) electrons. The highest BCUT2D eigenvalue weighted by molar-refractivity contribution is 7.99. The van der Waals surface area contributed by atoms with E-state index in [-0.39, 0.29) is 11.8 Å². The van der Waals surface area contributed by atoms with Crippen molar-refractivity contribution in [3.8, 4) is 0 Å². The maximum atomic E-state index is 11.9. The molecule has 0 saturated heterocycles. The van der Waals surface area contributed by atoms with Crippen molar-refractivity contribution in [1.82, 2.24) is 14.7 Å². The molecule has 1 fully saturated rings. The second-order valence-corrected chi connectivity index (χ2v) is 8.55. The third-order valence-electron chi connectivity index (χ3n) is 3.60. The maximum Gasteiger partial charge on any atom is 0.211 e. The summed E-state index contributed by atoms with van der Waals surface area (Å²) in [5.74, 6) is 0.246. The highest BCUT2D eigenvalue weighted by Gasteiger charge is 2.25. The van der Waals surface area contributed by atoms with Crippen LogP contribution >= 0.6 is 11.8 Å². The van der Waals surface area contributed by atoms with E-state index in [0.29, 0.717) is 5.25 Å². The van der Waals surface area contributed by atoms with E-state index in [0.717, 1.165) is 43.7 Å². The molecule has 1 aliphatic rings. The average Bonchev–Trinajstić information content (AvgIpc) is 2.48. The maximum absolute atomic E-state index is 11.9. The topological polar surface area (TPSA) is 72.0 Å². The number of sulfonamides is 1. The molecule has 0 aromatic carbocycles. The van der Waals surface area contributed by atoms with Crippen molar-refractivity contribution < 1.29 is 8.42 Å². The Bertz CT molecular complexity index is 514. The monoisotopic (exact) mass is 329 g/mol. The highest BCUT2D eigenvalue weighted by atomic mass is 32.2. The van der Waals surface area contributed by atoms with Gasteiger partial charge in [0.05, 0.1) is 5.75 Å². The van der Waals surface area contributed by atoms with Gasteiger partial charge in [0.25, 0.3) is 0 Å². The van der Waals surface area contributed by atoms with E-state index < -0.39 is 10.0 Å². The van der Waals surface area contributed by atoms with Gasteiger partial charge in [0.2, 0.25) is 10.0 Å². The van der Waals surface area contributed by atoms with Crippen molar-refractivity contribution in [2.75, 3.05) is 5.75 Å². The minimum atomic E-state index is -3.10. The van der Waals surface area contributed by atoms with Crippen LogP contribution in [-0.4, -0.2) is 35.4 Å². The standard InChI is InChI=1S/C14H23N3O2S2/c1-2-3-11-21(18,19)17-12-5-7-13(8-6-12)20-14-15-9-4-10-16-14/h4,9-10,12-13,17H,2-3,5-8,11H2,1H3. The predicted octanol–water partition coefficient (Wildman–Crippen LogP) is 2.60. The van der Waals surface area contributed by atoms with Gasteiger partial charge in [0.1, 0.15) is 0 Å². The van der Waals surface area contributed by atoms with Gasteiger partial charge in [-0.2, -0.15) is 0 Å². The van der Waals surface area contributed by atoms with Crippen LogP contribution in [0.1, 0.15) is 45.4 Å². The number of nitrogens with one attached hydrogen (secondary N) is 1. The van der Waals surface area contributed by atoms with E-state index >= 15 is 0 Å². The molecule has 0 unspecified atom stereocenters. The number of hydrogen-bond acceptors (Lipinski definition) is 5. The minimum Gasteiger partial charge on any atom is -0.231 e. The van der Waals surface area contributed by atoms with Gasteiger partial charge >= 0.3 is 0 Å². The first-order chi connectivity index (χ1) is 10.1. The zero-order valence-corrected chi connectivity index (χ0v) is 14.0. The van der Waals surface area contributed by atoms with E-state index in [1.165, 1.54) is 0 Å². The van der Waals surface area contributed by atoms with Crippen LogP contribution in [0.25, 0.3) is 0 Å². The molecule has 5 nitrogen and oxygen atoms in total. The molecule has 21 heavy (non-hydrogen) atoms. The molecular weight excluding hydrogens is 306 g/mol. The number of rotatable bonds is 7. The van der Waals surface area contributed by atoms with E-state index in [1.807, 2.05) is 13.0 Å². The van der Waals surface area contributed by atoms with Gasteiger partial charge in [-0.25, -0.2) is 23.1 Å². The predicted molar refractivity (Wildman–Crippen MR) is 85.8 cm³/mol. The molecule has 0 spiro atoms. The molecule has 1 N–H and O–H groups in total. The lowest BCUT2D eigenvalue weighted by Gasteiger charge is -2.28. The van der Waals surface area contributed by atoms with Gasteiger partial charge in [-0.1, -0.05) is 25.1 Å². The highest BCUT2D eigenvalue weighted by Crippen LogP contribution is 2.31. The van der Waals surface area contributed by atoms with Crippen molar-refractivity contribution >= 4 is 21.8 Å². The molecule has 1 heterocycles. The molecule has 118 valence electrons. The Morgan fingerprint density at radius 1 is 1.24 bits per heavy atom. The first kappa shape index (κ1) is 16.7. The molecule has 1 saturated carbocycles. The zero-order chi connectivity index (χ0) is 15.1. The zero-order valence-electron chi connectivity index (χ0n) is 12.4. The molecule has 1 aromatic rings. The molecular formula is C14H23N3O2S2. The first-order valence-corrected chi connectivity index (χ1v) is 10.1. The quantitative estimate of drug-likeness (QED) is 0.779. The first-order valence-electron chi connectivity index (χ1n) is 7.53.